The quantitative estimate of drug-likeness (QED) is 0.755. The van der Waals surface area contributed by atoms with E-state index < -0.39 is 0 Å². The molecule has 1 heterocycles. The van der Waals surface area contributed by atoms with Gasteiger partial charge in [-0.1, -0.05) is 27.5 Å². The average Bonchev–Trinajstić information content (AvgIpc) is 2.75. The Hall–Kier alpha value is -1.40. The van der Waals surface area contributed by atoms with Crippen LogP contribution in [0, 0.1) is 19.7 Å². The van der Waals surface area contributed by atoms with E-state index in [0.717, 1.165) is 10.2 Å². The van der Waals surface area contributed by atoms with Crippen molar-refractivity contribution >= 4 is 33.4 Å². The van der Waals surface area contributed by atoms with Gasteiger partial charge >= 0.3 is 0 Å². The molecule has 0 radical (unpaired) electrons. The summed E-state index contributed by atoms with van der Waals surface area (Å²) in [5.74, 6) is -0.456. The maximum atomic E-state index is 13.9. The van der Waals surface area contributed by atoms with Crippen LogP contribution in [0.5, 0.6) is 0 Å². The molecule has 0 atom stereocenters. The van der Waals surface area contributed by atoms with Gasteiger partial charge in [-0.15, -0.1) is 0 Å². The molecule has 1 aromatic carbocycles. The normalized spacial score (nSPS) is 10.9. The van der Waals surface area contributed by atoms with Crippen LogP contribution in [0.2, 0.25) is 5.02 Å². The Labute approximate surface area is 148 Å². The molecule has 0 N–H and O–H groups in total. The Balaban J connectivity index is 2.15. The van der Waals surface area contributed by atoms with Crippen molar-refractivity contribution in [3.8, 4) is 0 Å². The largest absolute Gasteiger partial charge is 0.337 e. The van der Waals surface area contributed by atoms with Crippen molar-refractivity contribution in [2.45, 2.75) is 33.9 Å². The van der Waals surface area contributed by atoms with Crippen LogP contribution < -0.4 is 0 Å². The zero-order chi connectivity index (χ0) is 17.1. The fourth-order valence-corrected chi connectivity index (χ4v) is 2.85. The SMILES string of the molecule is CCN(Cc1cc(Br)ccc1F)C(=O)Cn1nc(C)c(Cl)c1C. The van der Waals surface area contributed by atoms with E-state index in [-0.39, 0.29) is 24.8 Å². The molecule has 1 amide bonds. The van der Waals surface area contributed by atoms with E-state index in [0.29, 0.717) is 22.8 Å². The van der Waals surface area contributed by atoms with E-state index in [9.17, 15) is 9.18 Å². The topological polar surface area (TPSA) is 38.1 Å². The van der Waals surface area contributed by atoms with Gasteiger partial charge in [0, 0.05) is 23.1 Å². The van der Waals surface area contributed by atoms with Crippen molar-refractivity contribution in [2.75, 3.05) is 6.54 Å². The van der Waals surface area contributed by atoms with Gasteiger partial charge in [0.1, 0.15) is 12.4 Å². The van der Waals surface area contributed by atoms with Gasteiger partial charge in [0.15, 0.2) is 0 Å². The summed E-state index contributed by atoms with van der Waals surface area (Å²) >= 11 is 9.42. The van der Waals surface area contributed by atoms with Gasteiger partial charge in [0.05, 0.1) is 16.4 Å². The molecule has 0 aliphatic carbocycles. The maximum absolute atomic E-state index is 13.9. The molecule has 0 saturated carbocycles. The molecule has 7 heteroatoms. The number of benzene rings is 1. The second-order valence-corrected chi connectivity index (χ2v) is 6.58. The predicted octanol–water partition coefficient (Wildman–Crippen LogP) is 4.10. The van der Waals surface area contributed by atoms with Crippen LogP contribution in [-0.2, 0) is 17.9 Å². The molecule has 0 fully saturated rings. The molecule has 0 saturated heterocycles. The highest BCUT2D eigenvalue weighted by atomic mass is 79.9. The lowest BCUT2D eigenvalue weighted by atomic mass is 10.2. The number of likely N-dealkylation sites (N-methyl/N-ethyl adjacent to an activating group) is 1. The van der Waals surface area contributed by atoms with Gasteiger partial charge in [0.25, 0.3) is 0 Å². The number of nitrogens with zero attached hydrogens (tertiary/aromatic N) is 3. The number of rotatable bonds is 5. The fourth-order valence-electron chi connectivity index (χ4n) is 2.30. The van der Waals surface area contributed by atoms with Crippen molar-refractivity contribution in [2.24, 2.45) is 0 Å². The van der Waals surface area contributed by atoms with Gasteiger partial charge in [-0.3, -0.25) is 9.48 Å². The van der Waals surface area contributed by atoms with Crippen LogP contribution >= 0.6 is 27.5 Å². The molecule has 0 aliphatic heterocycles. The number of carbonyl (C=O) groups excluding carboxylic acids is 1. The Kier molecular flexibility index (Phi) is 5.81. The minimum absolute atomic E-state index is 0.0862. The van der Waals surface area contributed by atoms with Gasteiger partial charge in [-0.25, -0.2) is 4.39 Å². The first kappa shape index (κ1) is 17.9. The lowest BCUT2D eigenvalue weighted by Crippen LogP contribution is -2.34. The summed E-state index contributed by atoms with van der Waals surface area (Å²) in [5, 5.41) is 4.83. The minimum atomic E-state index is -0.325. The minimum Gasteiger partial charge on any atom is -0.337 e. The fraction of sp³-hybridized carbons (Fsp3) is 0.375. The summed E-state index contributed by atoms with van der Waals surface area (Å²) in [6.45, 7) is 6.26. The van der Waals surface area contributed by atoms with Crippen molar-refractivity contribution in [3.05, 3.63) is 50.5 Å². The number of hydrogen-bond donors (Lipinski definition) is 0. The van der Waals surface area contributed by atoms with E-state index in [2.05, 4.69) is 21.0 Å². The molecule has 0 bridgehead atoms. The number of amides is 1. The number of carbonyl (C=O) groups is 1. The smallest absolute Gasteiger partial charge is 0.244 e. The van der Waals surface area contributed by atoms with Crippen LogP contribution in [0.3, 0.4) is 0 Å². The molecule has 4 nitrogen and oxygen atoms in total. The number of halogens is 3. The van der Waals surface area contributed by atoms with Crippen LogP contribution in [0.4, 0.5) is 4.39 Å². The van der Waals surface area contributed by atoms with Crippen molar-refractivity contribution < 1.29 is 9.18 Å². The Bertz CT molecular complexity index is 732. The lowest BCUT2D eigenvalue weighted by Gasteiger charge is -2.21. The molecule has 2 aromatic rings. The lowest BCUT2D eigenvalue weighted by molar-refractivity contribution is -0.132. The molecule has 23 heavy (non-hydrogen) atoms. The first-order valence-electron chi connectivity index (χ1n) is 7.24. The van der Waals surface area contributed by atoms with Gasteiger partial charge in [-0.2, -0.15) is 5.10 Å². The second kappa shape index (κ2) is 7.45. The molecule has 1 aromatic heterocycles. The maximum Gasteiger partial charge on any atom is 0.244 e. The van der Waals surface area contributed by atoms with Gasteiger partial charge in [-0.05, 0) is 39.0 Å². The summed E-state index contributed by atoms with van der Waals surface area (Å²) in [7, 11) is 0. The van der Waals surface area contributed by atoms with Crippen molar-refractivity contribution in [1.82, 2.24) is 14.7 Å². The molecule has 2 rings (SSSR count). The third kappa shape index (κ3) is 4.12. The summed E-state index contributed by atoms with van der Waals surface area (Å²) in [5.41, 5.74) is 1.92. The van der Waals surface area contributed by atoms with E-state index in [1.807, 2.05) is 13.8 Å². The number of aromatic nitrogens is 2. The molecule has 0 aliphatic rings. The van der Waals surface area contributed by atoms with Crippen LogP contribution in [-0.4, -0.2) is 27.1 Å². The Morgan fingerprint density at radius 3 is 2.70 bits per heavy atom. The highest BCUT2D eigenvalue weighted by Gasteiger charge is 2.18. The number of hydrogen-bond acceptors (Lipinski definition) is 2. The summed E-state index contributed by atoms with van der Waals surface area (Å²) < 4.78 is 16.2. The highest BCUT2D eigenvalue weighted by Crippen LogP contribution is 2.20. The Morgan fingerprint density at radius 2 is 2.13 bits per heavy atom. The zero-order valence-corrected chi connectivity index (χ0v) is 15.6. The summed E-state index contributed by atoms with van der Waals surface area (Å²) in [6, 6.07) is 4.71. The molecule has 0 unspecified atom stereocenters. The first-order chi connectivity index (χ1) is 10.8. The van der Waals surface area contributed by atoms with Crippen molar-refractivity contribution in [3.63, 3.8) is 0 Å². The molecular formula is C16H18BrClFN3O. The second-order valence-electron chi connectivity index (χ2n) is 5.29. The van der Waals surface area contributed by atoms with Crippen LogP contribution in [0.25, 0.3) is 0 Å². The van der Waals surface area contributed by atoms with E-state index in [1.165, 1.54) is 6.07 Å². The first-order valence-corrected chi connectivity index (χ1v) is 8.41. The number of aryl methyl sites for hydroxylation is 1. The van der Waals surface area contributed by atoms with Gasteiger partial charge in [0.2, 0.25) is 5.91 Å². The highest BCUT2D eigenvalue weighted by molar-refractivity contribution is 9.10. The van der Waals surface area contributed by atoms with Crippen LogP contribution in [0.1, 0.15) is 23.9 Å². The summed E-state index contributed by atoms with van der Waals surface area (Å²) in [4.78, 5) is 14.1. The summed E-state index contributed by atoms with van der Waals surface area (Å²) in [6.07, 6.45) is 0. The standard InChI is InChI=1S/C16H18BrClFN3O/c1-4-21(8-12-7-13(17)5-6-14(12)19)15(23)9-22-11(3)16(18)10(2)20-22/h5-7H,4,8-9H2,1-3H3. The average molecular weight is 403 g/mol. The third-order valence-corrected chi connectivity index (χ3v) is 4.72. The van der Waals surface area contributed by atoms with Crippen molar-refractivity contribution in [1.29, 1.82) is 0 Å². The molecule has 0 spiro atoms. The zero-order valence-electron chi connectivity index (χ0n) is 13.2. The molecular weight excluding hydrogens is 385 g/mol. The predicted molar refractivity (Wildman–Crippen MR) is 91.9 cm³/mol. The van der Waals surface area contributed by atoms with E-state index in [4.69, 9.17) is 11.6 Å². The van der Waals surface area contributed by atoms with E-state index >= 15 is 0 Å². The monoisotopic (exact) mass is 401 g/mol. The third-order valence-electron chi connectivity index (χ3n) is 3.68. The van der Waals surface area contributed by atoms with Gasteiger partial charge < -0.3 is 4.90 Å². The molecule has 124 valence electrons. The Morgan fingerprint density at radius 1 is 1.43 bits per heavy atom. The van der Waals surface area contributed by atoms with Crippen LogP contribution in [0.15, 0.2) is 22.7 Å². The van der Waals surface area contributed by atoms with E-state index in [1.54, 1.807) is 28.6 Å².